The molecule has 1 rings (SSSR count). The molecule has 0 aromatic rings. The quantitative estimate of drug-likeness (QED) is 0.581. The maximum atomic E-state index is 10.9. The van der Waals surface area contributed by atoms with Crippen LogP contribution in [0.4, 0.5) is 0 Å². The van der Waals surface area contributed by atoms with Crippen molar-refractivity contribution in [3.05, 3.63) is 0 Å². The first kappa shape index (κ1) is 9.03. The van der Waals surface area contributed by atoms with Gasteiger partial charge in [-0.05, 0) is 5.92 Å². The normalized spacial score (nSPS) is 29.0. The van der Waals surface area contributed by atoms with Crippen molar-refractivity contribution in [1.29, 1.82) is 0 Å². The number of hydrogen-bond donors (Lipinski definition) is 1. The Labute approximate surface area is 71.7 Å². The summed E-state index contributed by atoms with van der Waals surface area (Å²) in [7, 11) is 0. The summed E-state index contributed by atoms with van der Waals surface area (Å²) >= 11 is 0. The van der Waals surface area contributed by atoms with Gasteiger partial charge in [0.2, 0.25) is 11.8 Å². The number of carbonyl (C=O) groups excluding carboxylic acids is 2. The summed E-state index contributed by atoms with van der Waals surface area (Å²) in [5.41, 5.74) is 5.17. The molecule has 1 aliphatic heterocycles. The van der Waals surface area contributed by atoms with Crippen LogP contribution in [-0.2, 0) is 9.59 Å². The molecule has 0 aromatic carbocycles. The van der Waals surface area contributed by atoms with Crippen molar-refractivity contribution in [3.63, 3.8) is 0 Å². The number of rotatable bonds is 1. The largest absolute Gasteiger partial charge is 0.369 e. The molecule has 0 aliphatic carbocycles. The molecule has 1 unspecified atom stereocenters. The van der Waals surface area contributed by atoms with Crippen molar-refractivity contribution in [2.45, 2.75) is 13.8 Å². The third-order valence-electron chi connectivity index (χ3n) is 2.42. The molecule has 4 nitrogen and oxygen atoms in total. The van der Waals surface area contributed by atoms with Crippen LogP contribution in [0.2, 0.25) is 0 Å². The molecule has 0 bridgehead atoms. The number of amides is 2. The van der Waals surface area contributed by atoms with Gasteiger partial charge >= 0.3 is 0 Å². The lowest BCUT2D eigenvalue weighted by atomic mass is 9.98. The zero-order valence-corrected chi connectivity index (χ0v) is 7.41. The molecule has 1 aliphatic rings. The Hall–Kier alpha value is -1.06. The number of nitrogens with zero attached hydrogens (tertiary/aromatic N) is 1. The molecule has 2 N–H and O–H groups in total. The molecule has 0 saturated carbocycles. The number of primary amides is 1. The van der Waals surface area contributed by atoms with Crippen LogP contribution in [-0.4, -0.2) is 29.8 Å². The fourth-order valence-electron chi connectivity index (χ4n) is 1.59. The molecule has 4 heteroatoms. The second kappa shape index (κ2) is 3.13. The van der Waals surface area contributed by atoms with E-state index in [2.05, 4.69) is 0 Å². The lowest BCUT2D eigenvalue weighted by Gasteiger charge is -2.11. The van der Waals surface area contributed by atoms with Crippen LogP contribution < -0.4 is 5.73 Å². The summed E-state index contributed by atoms with van der Waals surface area (Å²) in [4.78, 5) is 23.5. The maximum absolute atomic E-state index is 10.9. The Morgan fingerprint density at radius 1 is 1.42 bits per heavy atom. The molecule has 0 radical (unpaired) electrons. The molecule has 12 heavy (non-hydrogen) atoms. The predicted octanol–water partition coefficient (Wildman–Crippen LogP) is -0.414. The first-order valence-corrected chi connectivity index (χ1v) is 4.07. The van der Waals surface area contributed by atoms with E-state index in [0.29, 0.717) is 13.1 Å². The summed E-state index contributed by atoms with van der Waals surface area (Å²) in [6.07, 6.45) is 0. The van der Waals surface area contributed by atoms with Crippen molar-refractivity contribution in [3.8, 4) is 0 Å². The van der Waals surface area contributed by atoms with Crippen LogP contribution in [0.3, 0.4) is 0 Å². The van der Waals surface area contributed by atoms with Gasteiger partial charge in [-0.1, -0.05) is 6.92 Å². The van der Waals surface area contributed by atoms with Crippen molar-refractivity contribution in [1.82, 2.24) is 4.90 Å². The highest BCUT2D eigenvalue weighted by molar-refractivity contribution is 5.80. The van der Waals surface area contributed by atoms with E-state index in [1.807, 2.05) is 6.92 Å². The molecule has 68 valence electrons. The van der Waals surface area contributed by atoms with Crippen molar-refractivity contribution in [2.75, 3.05) is 13.1 Å². The van der Waals surface area contributed by atoms with Crippen LogP contribution in [0, 0.1) is 11.8 Å². The van der Waals surface area contributed by atoms with E-state index in [0.717, 1.165) is 0 Å². The number of likely N-dealkylation sites (tertiary alicyclic amines) is 1. The van der Waals surface area contributed by atoms with Gasteiger partial charge in [-0.25, -0.2) is 0 Å². The highest BCUT2D eigenvalue weighted by Crippen LogP contribution is 2.22. The maximum Gasteiger partial charge on any atom is 0.222 e. The van der Waals surface area contributed by atoms with Crippen molar-refractivity contribution in [2.24, 2.45) is 17.6 Å². The van der Waals surface area contributed by atoms with Gasteiger partial charge in [0.25, 0.3) is 0 Å². The van der Waals surface area contributed by atoms with Gasteiger partial charge in [0.15, 0.2) is 0 Å². The van der Waals surface area contributed by atoms with Gasteiger partial charge in [-0.3, -0.25) is 9.59 Å². The van der Waals surface area contributed by atoms with E-state index >= 15 is 0 Å². The predicted molar refractivity (Wildman–Crippen MR) is 44.1 cm³/mol. The first-order valence-electron chi connectivity index (χ1n) is 4.07. The molecular formula is C8H14N2O2. The van der Waals surface area contributed by atoms with Gasteiger partial charge in [-0.2, -0.15) is 0 Å². The van der Waals surface area contributed by atoms with Crippen molar-refractivity contribution >= 4 is 11.8 Å². The van der Waals surface area contributed by atoms with E-state index < -0.39 is 0 Å². The SMILES string of the molecule is CC(=O)N1CC(C)[C@H](C(N)=O)C1. The lowest BCUT2D eigenvalue weighted by molar-refractivity contribution is -0.128. The lowest BCUT2D eigenvalue weighted by Crippen LogP contribution is -2.30. The monoisotopic (exact) mass is 170 g/mol. The molecule has 0 spiro atoms. The average molecular weight is 170 g/mol. The number of hydrogen-bond acceptors (Lipinski definition) is 2. The zero-order chi connectivity index (χ0) is 9.30. The van der Waals surface area contributed by atoms with Crippen LogP contribution in [0.1, 0.15) is 13.8 Å². The average Bonchev–Trinajstić information content (AvgIpc) is 2.30. The minimum absolute atomic E-state index is 0.0191. The van der Waals surface area contributed by atoms with Gasteiger partial charge in [0, 0.05) is 20.0 Å². The molecule has 1 fully saturated rings. The molecule has 2 atom stereocenters. The Morgan fingerprint density at radius 2 is 2.00 bits per heavy atom. The Morgan fingerprint density at radius 3 is 2.25 bits per heavy atom. The number of nitrogens with two attached hydrogens (primary N) is 1. The van der Waals surface area contributed by atoms with E-state index in [-0.39, 0.29) is 23.7 Å². The first-order chi connectivity index (χ1) is 5.52. The van der Waals surface area contributed by atoms with Gasteiger partial charge in [-0.15, -0.1) is 0 Å². The second-order valence-corrected chi connectivity index (χ2v) is 3.41. The van der Waals surface area contributed by atoms with E-state index in [4.69, 9.17) is 5.73 Å². The summed E-state index contributed by atoms with van der Waals surface area (Å²) in [6, 6.07) is 0. The second-order valence-electron chi connectivity index (χ2n) is 3.41. The summed E-state index contributed by atoms with van der Waals surface area (Å²) in [5.74, 6) is -0.239. The third-order valence-corrected chi connectivity index (χ3v) is 2.42. The summed E-state index contributed by atoms with van der Waals surface area (Å²) in [5, 5.41) is 0. The van der Waals surface area contributed by atoms with Gasteiger partial charge in [0.05, 0.1) is 5.92 Å². The van der Waals surface area contributed by atoms with E-state index in [1.165, 1.54) is 6.92 Å². The van der Waals surface area contributed by atoms with Crippen LogP contribution in [0.15, 0.2) is 0 Å². The van der Waals surface area contributed by atoms with Crippen LogP contribution >= 0.6 is 0 Å². The molecule has 2 amide bonds. The highest BCUT2D eigenvalue weighted by atomic mass is 16.2. The summed E-state index contributed by atoms with van der Waals surface area (Å²) in [6.45, 7) is 4.60. The fraction of sp³-hybridized carbons (Fsp3) is 0.750. The van der Waals surface area contributed by atoms with Crippen molar-refractivity contribution < 1.29 is 9.59 Å². The van der Waals surface area contributed by atoms with Crippen LogP contribution in [0.25, 0.3) is 0 Å². The topological polar surface area (TPSA) is 63.4 Å². The Bertz CT molecular complexity index is 215. The fourth-order valence-corrected chi connectivity index (χ4v) is 1.59. The Kier molecular flexibility index (Phi) is 2.35. The molecule has 1 heterocycles. The number of carbonyl (C=O) groups is 2. The Balaban J connectivity index is 2.62. The highest BCUT2D eigenvalue weighted by Gasteiger charge is 2.34. The van der Waals surface area contributed by atoms with E-state index in [1.54, 1.807) is 4.90 Å². The van der Waals surface area contributed by atoms with Gasteiger partial charge < -0.3 is 10.6 Å². The minimum Gasteiger partial charge on any atom is -0.369 e. The van der Waals surface area contributed by atoms with E-state index in [9.17, 15) is 9.59 Å². The third kappa shape index (κ3) is 1.57. The minimum atomic E-state index is -0.300. The van der Waals surface area contributed by atoms with Crippen LogP contribution in [0.5, 0.6) is 0 Å². The van der Waals surface area contributed by atoms with Gasteiger partial charge in [0.1, 0.15) is 0 Å². The standard InChI is InChI=1S/C8H14N2O2/c1-5-3-10(6(2)11)4-7(5)8(9)12/h5,7H,3-4H2,1-2H3,(H2,9,12)/t5?,7-/m1/s1. The molecule has 1 saturated heterocycles. The summed E-state index contributed by atoms with van der Waals surface area (Å²) < 4.78 is 0. The molecular weight excluding hydrogens is 156 g/mol. The molecule has 0 aromatic heterocycles. The zero-order valence-electron chi connectivity index (χ0n) is 7.41. The smallest absolute Gasteiger partial charge is 0.222 e.